The summed E-state index contributed by atoms with van der Waals surface area (Å²) in [7, 11) is 0. The van der Waals surface area contributed by atoms with Crippen LogP contribution in [-0.2, 0) is 16.8 Å². The molecule has 3 nitrogen and oxygen atoms in total. The van der Waals surface area contributed by atoms with Gasteiger partial charge in [-0.1, -0.05) is 6.07 Å². The molecule has 0 bridgehead atoms. The fourth-order valence-corrected chi connectivity index (χ4v) is 1.89. The molecule has 74 valence electrons. The average Bonchev–Trinajstić information content (AvgIpc) is 2.45. The quantitative estimate of drug-likeness (QED) is 0.703. The van der Waals surface area contributed by atoms with Gasteiger partial charge in [0.2, 0.25) is 0 Å². The van der Waals surface area contributed by atoms with Gasteiger partial charge in [0.15, 0.2) is 0 Å². The summed E-state index contributed by atoms with van der Waals surface area (Å²) in [5.74, 6) is -1.40. The van der Waals surface area contributed by atoms with E-state index in [1.165, 1.54) is 18.2 Å². The Balaban J connectivity index is 2.55. The standard InChI is InChI=1S/C10H10FNO2/c11-7-1-2-8-6(5-7)3-4-10(8,12)9(13)14/h1-2,5H,3-4,12H2,(H,13,14). The molecule has 0 saturated heterocycles. The van der Waals surface area contributed by atoms with Crippen LogP contribution in [0.25, 0.3) is 0 Å². The van der Waals surface area contributed by atoms with E-state index in [4.69, 9.17) is 10.8 Å². The zero-order valence-corrected chi connectivity index (χ0v) is 7.46. The van der Waals surface area contributed by atoms with E-state index in [0.29, 0.717) is 24.0 Å². The maximum Gasteiger partial charge on any atom is 0.328 e. The predicted octanol–water partition coefficient (Wildman–Crippen LogP) is 1.01. The summed E-state index contributed by atoms with van der Waals surface area (Å²) >= 11 is 0. The highest BCUT2D eigenvalue weighted by atomic mass is 19.1. The molecule has 14 heavy (non-hydrogen) atoms. The number of benzene rings is 1. The van der Waals surface area contributed by atoms with Crippen LogP contribution in [-0.4, -0.2) is 11.1 Å². The fourth-order valence-electron chi connectivity index (χ4n) is 1.89. The molecule has 0 spiro atoms. The van der Waals surface area contributed by atoms with Crippen molar-refractivity contribution in [1.82, 2.24) is 0 Å². The van der Waals surface area contributed by atoms with Gasteiger partial charge in [-0.15, -0.1) is 0 Å². The van der Waals surface area contributed by atoms with Gasteiger partial charge in [-0.25, -0.2) is 9.18 Å². The summed E-state index contributed by atoms with van der Waals surface area (Å²) in [6, 6.07) is 4.06. The third-order valence-corrected chi connectivity index (χ3v) is 2.72. The largest absolute Gasteiger partial charge is 0.480 e. The summed E-state index contributed by atoms with van der Waals surface area (Å²) in [4.78, 5) is 11.0. The Morgan fingerprint density at radius 1 is 1.57 bits per heavy atom. The van der Waals surface area contributed by atoms with E-state index in [1.54, 1.807) is 0 Å². The molecular weight excluding hydrogens is 185 g/mol. The highest BCUT2D eigenvalue weighted by Crippen LogP contribution is 2.35. The second-order valence-corrected chi connectivity index (χ2v) is 3.58. The summed E-state index contributed by atoms with van der Waals surface area (Å²) in [6.45, 7) is 0. The van der Waals surface area contributed by atoms with Crippen molar-refractivity contribution in [1.29, 1.82) is 0 Å². The Labute approximate surface area is 80.3 Å². The van der Waals surface area contributed by atoms with Gasteiger partial charge in [0, 0.05) is 0 Å². The molecule has 1 aliphatic carbocycles. The topological polar surface area (TPSA) is 63.3 Å². The average molecular weight is 195 g/mol. The summed E-state index contributed by atoms with van der Waals surface area (Å²) in [6.07, 6.45) is 0.858. The normalized spacial score (nSPS) is 24.7. The Morgan fingerprint density at radius 3 is 2.93 bits per heavy atom. The number of halogens is 1. The summed E-state index contributed by atoms with van der Waals surface area (Å²) in [5.41, 5.74) is 5.65. The lowest BCUT2D eigenvalue weighted by Crippen LogP contribution is -2.42. The minimum Gasteiger partial charge on any atom is -0.480 e. The maximum absolute atomic E-state index is 12.8. The molecule has 0 amide bonds. The van der Waals surface area contributed by atoms with E-state index in [2.05, 4.69) is 0 Å². The predicted molar refractivity (Wildman–Crippen MR) is 48.2 cm³/mol. The molecule has 0 fully saturated rings. The highest BCUT2D eigenvalue weighted by Gasteiger charge is 2.41. The second kappa shape index (κ2) is 2.78. The lowest BCUT2D eigenvalue weighted by Gasteiger charge is -2.19. The number of carboxylic acid groups (broad SMARTS) is 1. The van der Waals surface area contributed by atoms with Crippen LogP contribution in [0.3, 0.4) is 0 Å². The van der Waals surface area contributed by atoms with Crippen molar-refractivity contribution in [3.05, 3.63) is 35.1 Å². The van der Waals surface area contributed by atoms with Gasteiger partial charge in [0.1, 0.15) is 11.4 Å². The van der Waals surface area contributed by atoms with Gasteiger partial charge >= 0.3 is 5.97 Å². The number of carboxylic acids is 1. The van der Waals surface area contributed by atoms with Gasteiger partial charge < -0.3 is 10.8 Å². The highest BCUT2D eigenvalue weighted by molar-refractivity contribution is 5.82. The van der Waals surface area contributed by atoms with Crippen molar-refractivity contribution in [3.63, 3.8) is 0 Å². The second-order valence-electron chi connectivity index (χ2n) is 3.58. The first kappa shape index (κ1) is 9.15. The number of rotatable bonds is 1. The first-order valence-corrected chi connectivity index (χ1v) is 4.35. The molecule has 0 saturated carbocycles. The zero-order valence-electron chi connectivity index (χ0n) is 7.46. The Bertz CT molecular complexity index is 405. The Morgan fingerprint density at radius 2 is 2.29 bits per heavy atom. The zero-order chi connectivity index (χ0) is 10.3. The van der Waals surface area contributed by atoms with Crippen molar-refractivity contribution >= 4 is 5.97 Å². The van der Waals surface area contributed by atoms with E-state index in [9.17, 15) is 9.18 Å². The van der Waals surface area contributed by atoms with Crippen molar-refractivity contribution in [3.8, 4) is 0 Å². The molecule has 3 N–H and O–H groups in total. The van der Waals surface area contributed by atoms with E-state index in [1.807, 2.05) is 0 Å². The first-order valence-electron chi connectivity index (χ1n) is 4.35. The third-order valence-electron chi connectivity index (χ3n) is 2.72. The van der Waals surface area contributed by atoms with Gasteiger partial charge in [-0.2, -0.15) is 0 Å². The van der Waals surface area contributed by atoms with E-state index >= 15 is 0 Å². The molecule has 1 unspecified atom stereocenters. The number of nitrogens with two attached hydrogens (primary N) is 1. The first-order chi connectivity index (χ1) is 6.54. The van der Waals surface area contributed by atoms with Crippen LogP contribution in [0.15, 0.2) is 18.2 Å². The Kier molecular flexibility index (Phi) is 1.82. The SMILES string of the molecule is NC1(C(=O)O)CCc2cc(F)ccc21. The molecule has 4 heteroatoms. The molecule has 2 rings (SSSR count). The van der Waals surface area contributed by atoms with Crippen molar-refractivity contribution in [2.24, 2.45) is 5.73 Å². The number of fused-ring (bicyclic) bond motifs is 1. The van der Waals surface area contributed by atoms with Crippen LogP contribution < -0.4 is 5.73 Å². The number of aryl methyl sites for hydroxylation is 1. The molecule has 1 atom stereocenters. The van der Waals surface area contributed by atoms with Crippen molar-refractivity contribution in [2.45, 2.75) is 18.4 Å². The lowest BCUT2D eigenvalue weighted by molar-refractivity contribution is -0.143. The van der Waals surface area contributed by atoms with Gasteiger partial charge in [0.25, 0.3) is 0 Å². The van der Waals surface area contributed by atoms with E-state index in [-0.39, 0.29) is 5.82 Å². The van der Waals surface area contributed by atoms with Crippen LogP contribution in [0, 0.1) is 5.82 Å². The number of hydrogen-bond donors (Lipinski definition) is 2. The lowest BCUT2D eigenvalue weighted by atomic mass is 9.93. The molecule has 0 aliphatic heterocycles. The minimum atomic E-state index is -1.33. The molecule has 1 aromatic rings. The van der Waals surface area contributed by atoms with Gasteiger partial charge in [-0.3, -0.25) is 0 Å². The van der Waals surface area contributed by atoms with Crippen LogP contribution in [0.1, 0.15) is 17.5 Å². The van der Waals surface area contributed by atoms with Crippen LogP contribution in [0.2, 0.25) is 0 Å². The Hall–Kier alpha value is -1.42. The van der Waals surface area contributed by atoms with Crippen molar-refractivity contribution < 1.29 is 14.3 Å². The fraction of sp³-hybridized carbons (Fsp3) is 0.300. The smallest absolute Gasteiger partial charge is 0.328 e. The molecule has 1 aromatic carbocycles. The third kappa shape index (κ3) is 1.11. The van der Waals surface area contributed by atoms with Crippen LogP contribution in [0.4, 0.5) is 4.39 Å². The molecule has 0 heterocycles. The summed E-state index contributed by atoms with van der Waals surface area (Å²) in [5, 5.41) is 8.97. The van der Waals surface area contributed by atoms with Gasteiger partial charge in [0.05, 0.1) is 0 Å². The minimum absolute atomic E-state index is 0.334. The van der Waals surface area contributed by atoms with Crippen molar-refractivity contribution in [2.75, 3.05) is 0 Å². The molecule has 1 aliphatic rings. The molecule has 0 radical (unpaired) electrons. The van der Waals surface area contributed by atoms with E-state index in [0.717, 1.165) is 0 Å². The molecule has 0 aromatic heterocycles. The monoisotopic (exact) mass is 195 g/mol. The number of carbonyl (C=O) groups is 1. The maximum atomic E-state index is 12.8. The van der Waals surface area contributed by atoms with Gasteiger partial charge in [-0.05, 0) is 36.1 Å². The number of hydrogen-bond acceptors (Lipinski definition) is 2. The van der Waals surface area contributed by atoms with Crippen LogP contribution in [0.5, 0.6) is 0 Å². The van der Waals surface area contributed by atoms with E-state index < -0.39 is 11.5 Å². The summed E-state index contributed by atoms with van der Waals surface area (Å²) < 4.78 is 12.8. The molecular formula is C10H10FNO2. The van der Waals surface area contributed by atoms with Crippen LogP contribution >= 0.6 is 0 Å². The number of aliphatic carboxylic acids is 1.